The smallest absolute Gasteiger partial charge is 0.255 e. The minimum Gasteiger partial charge on any atom is -0.399 e. The summed E-state index contributed by atoms with van der Waals surface area (Å²) in [5, 5.41) is 0. The van der Waals surface area contributed by atoms with Crippen LogP contribution in [0.2, 0.25) is 0 Å². The number of carbonyl (C=O) groups excluding carboxylic acids is 1. The molecule has 1 fully saturated rings. The van der Waals surface area contributed by atoms with Gasteiger partial charge in [0.05, 0.1) is 5.56 Å². The molecule has 5 nitrogen and oxygen atoms in total. The summed E-state index contributed by atoms with van der Waals surface area (Å²) in [5.74, 6) is 0.00899. The lowest BCUT2D eigenvalue weighted by Gasteiger charge is -2.35. The van der Waals surface area contributed by atoms with Crippen molar-refractivity contribution in [3.05, 3.63) is 23.8 Å². The van der Waals surface area contributed by atoms with Crippen molar-refractivity contribution in [3.63, 3.8) is 0 Å². The summed E-state index contributed by atoms with van der Waals surface area (Å²) in [6, 6.07) is 5.63. The van der Waals surface area contributed by atoms with Gasteiger partial charge >= 0.3 is 0 Å². The van der Waals surface area contributed by atoms with Crippen LogP contribution in [-0.2, 0) is 0 Å². The number of nitrogen functional groups attached to an aromatic ring is 2. The number of hydrogen-bond donors (Lipinski definition) is 2. The van der Waals surface area contributed by atoms with Crippen molar-refractivity contribution >= 4 is 17.3 Å². The summed E-state index contributed by atoms with van der Waals surface area (Å²) in [4.78, 5) is 16.5. The number of likely N-dealkylation sites (tertiary alicyclic amines) is 1. The molecule has 1 aromatic carbocycles. The molecule has 1 aliphatic heterocycles. The Balaban J connectivity index is 2.05. The second-order valence-corrected chi connectivity index (χ2v) is 5.33. The van der Waals surface area contributed by atoms with E-state index >= 15 is 0 Å². The highest BCUT2D eigenvalue weighted by Gasteiger charge is 2.25. The first kappa shape index (κ1) is 13.7. The Kier molecular flexibility index (Phi) is 3.95. The van der Waals surface area contributed by atoms with Gasteiger partial charge in [0, 0.05) is 30.5 Å². The van der Waals surface area contributed by atoms with E-state index < -0.39 is 0 Å². The number of benzene rings is 1. The molecule has 0 bridgehead atoms. The third-order valence-corrected chi connectivity index (χ3v) is 3.79. The summed E-state index contributed by atoms with van der Waals surface area (Å²) in [6.45, 7) is 1.57. The number of carbonyl (C=O) groups is 1. The van der Waals surface area contributed by atoms with Crippen LogP contribution in [0.4, 0.5) is 11.4 Å². The molecule has 4 N–H and O–H groups in total. The topological polar surface area (TPSA) is 75.6 Å². The second kappa shape index (κ2) is 5.48. The first-order valence-corrected chi connectivity index (χ1v) is 6.59. The third kappa shape index (κ3) is 2.98. The summed E-state index contributed by atoms with van der Waals surface area (Å²) in [5.41, 5.74) is 13.1. The zero-order valence-corrected chi connectivity index (χ0v) is 11.6. The minimum atomic E-state index is 0.00899. The Morgan fingerprint density at radius 2 is 1.89 bits per heavy atom. The van der Waals surface area contributed by atoms with Crippen molar-refractivity contribution in [3.8, 4) is 0 Å². The molecular weight excluding hydrogens is 240 g/mol. The van der Waals surface area contributed by atoms with Crippen molar-refractivity contribution in [2.75, 3.05) is 38.7 Å². The molecule has 1 aliphatic rings. The minimum absolute atomic E-state index is 0.00899. The standard InChI is InChI=1S/C14H22N4O/c1-17(2)11-5-7-18(8-6-11)14(19)12-4-3-10(15)9-13(12)16/h3-4,9,11H,5-8,15-16H2,1-2H3. The van der Waals surface area contributed by atoms with Crippen LogP contribution in [-0.4, -0.2) is 48.9 Å². The van der Waals surface area contributed by atoms with Gasteiger partial charge in [0.25, 0.3) is 5.91 Å². The molecule has 2 rings (SSSR count). The van der Waals surface area contributed by atoms with Crippen molar-refractivity contribution < 1.29 is 4.79 Å². The van der Waals surface area contributed by atoms with Crippen LogP contribution in [0.1, 0.15) is 23.2 Å². The highest BCUT2D eigenvalue weighted by Crippen LogP contribution is 2.21. The van der Waals surface area contributed by atoms with Crippen molar-refractivity contribution in [1.82, 2.24) is 9.80 Å². The average Bonchev–Trinajstić information content (AvgIpc) is 2.38. The largest absolute Gasteiger partial charge is 0.399 e. The number of anilines is 2. The van der Waals surface area contributed by atoms with Gasteiger partial charge in [-0.15, -0.1) is 0 Å². The molecule has 0 atom stereocenters. The number of piperidine rings is 1. The maximum atomic E-state index is 12.4. The lowest BCUT2D eigenvalue weighted by atomic mass is 10.0. The lowest BCUT2D eigenvalue weighted by molar-refractivity contribution is 0.0664. The monoisotopic (exact) mass is 262 g/mol. The fraction of sp³-hybridized carbons (Fsp3) is 0.500. The summed E-state index contributed by atoms with van der Waals surface area (Å²) >= 11 is 0. The zero-order valence-electron chi connectivity index (χ0n) is 11.6. The number of nitrogens with zero attached hydrogens (tertiary/aromatic N) is 2. The number of rotatable bonds is 2. The van der Waals surface area contributed by atoms with Gasteiger partial charge in [-0.25, -0.2) is 0 Å². The molecule has 5 heteroatoms. The molecule has 0 spiro atoms. The van der Waals surface area contributed by atoms with Gasteiger partial charge in [-0.05, 0) is 45.1 Å². The van der Waals surface area contributed by atoms with E-state index in [0.29, 0.717) is 23.0 Å². The average molecular weight is 262 g/mol. The molecule has 0 aliphatic carbocycles. The molecule has 1 aromatic rings. The van der Waals surface area contributed by atoms with Crippen LogP contribution in [0, 0.1) is 0 Å². The third-order valence-electron chi connectivity index (χ3n) is 3.79. The predicted octanol–water partition coefficient (Wildman–Crippen LogP) is 1.02. The Hall–Kier alpha value is -1.75. The molecule has 19 heavy (non-hydrogen) atoms. The van der Waals surface area contributed by atoms with Gasteiger partial charge in [-0.1, -0.05) is 0 Å². The Bertz CT molecular complexity index is 465. The number of amides is 1. The highest BCUT2D eigenvalue weighted by molar-refractivity contribution is 5.99. The van der Waals surface area contributed by atoms with E-state index in [9.17, 15) is 4.79 Å². The Labute approximate surface area is 114 Å². The van der Waals surface area contributed by atoms with Gasteiger partial charge in [-0.3, -0.25) is 4.79 Å². The molecule has 0 unspecified atom stereocenters. The van der Waals surface area contributed by atoms with Crippen molar-refractivity contribution in [2.24, 2.45) is 0 Å². The van der Waals surface area contributed by atoms with E-state index in [0.717, 1.165) is 25.9 Å². The first-order valence-electron chi connectivity index (χ1n) is 6.59. The summed E-state index contributed by atoms with van der Waals surface area (Å²) in [7, 11) is 4.17. The van der Waals surface area contributed by atoms with Crippen molar-refractivity contribution in [2.45, 2.75) is 18.9 Å². The zero-order chi connectivity index (χ0) is 14.0. The summed E-state index contributed by atoms with van der Waals surface area (Å²) in [6.07, 6.45) is 2.02. The normalized spacial score (nSPS) is 16.9. The van der Waals surface area contributed by atoms with Gasteiger partial charge in [0.15, 0.2) is 0 Å². The van der Waals surface area contributed by atoms with E-state index in [4.69, 9.17) is 11.5 Å². The predicted molar refractivity (Wildman–Crippen MR) is 77.9 cm³/mol. The molecule has 1 saturated heterocycles. The van der Waals surface area contributed by atoms with Crippen LogP contribution < -0.4 is 11.5 Å². The van der Waals surface area contributed by atoms with Gasteiger partial charge in [-0.2, -0.15) is 0 Å². The van der Waals surface area contributed by atoms with Gasteiger partial charge < -0.3 is 21.3 Å². The van der Waals surface area contributed by atoms with Crippen LogP contribution in [0.3, 0.4) is 0 Å². The molecule has 0 aromatic heterocycles. The van der Waals surface area contributed by atoms with Crippen LogP contribution >= 0.6 is 0 Å². The van der Waals surface area contributed by atoms with Gasteiger partial charge in [0.2, 0.25) is 0 Å². The molecule has 0 radical (unpaired) electrons. The van der Waals surface area contributed by atoms with Gasteiger partial charge in [0.1, 0.15) is 0 Å². The quantitative estimate of drug-likeness (QED) is 0.780. The van der Waals surface area contributed by atoms with Crippen LogP contribution in [0.15, 0.2) is 18.2 Å². The van der Waals surface area contributed by atoms with E-state index in [-0.39, 0.29) is 5.91 Å². The molecule has 0 saturated carbocycles. The maximum absolute atomic E-state index is 12.4. The SMILES string of the molecule is CN(C)C1CCN(C(=O)c2ccc(N)cc2N)CC1. The maximum Gasteiger partial charge on any atom is 0.255 e. The molecule has 1 heterocycles. The molecule has 1 amide bonds. The Morgan fingerprint density at radius 1 is 1.26 bits per heavy atom. The van der Waals surface area contributed by atoms with Crippen LogP contribution in [0.5, 0.6) is 0 Å². The number of nitrogens with two attached hydrogens (primary N) is 2. The molecular formula is C14H22N4O. The van der Waals surface area contributed by atoms with E-state index in [1.807, 2.05) is 4.90 Å². The van der Waals surface area contributed by atoms with Crippen molar-refractivity contribution in [1.29, 1.82) is 0 Å². The van der Waals surface area contributed by atoms with E-state index in [2.05, 4.69) is 19.0 Å². The lowest BCUT2D eigenvalue weighted by Crippen LogP contribution is -2.44. The Morgan fingerprint density at radius 3 is 2.42 bits per heavy atom. The van der Waals surface area contributed by atoms with E-state index in [1.54, 1.807) is 18.2 Å². The highest BCUT2D eigenvalue weighted by atomic mass is 16.2. The summed E-state index contributed by atoms with van der Waals surface area (Å²) < 4.78 is 0. The fourth-order valence-electron chi connectivity index (χ4n) is 2.53. The van der Waals surface area contributed by atoms with Crippen LogP contribution in [0.25, 0.3) is 0 Å². The van der Waals surface area contributed by atoms with E-state index in [1.165, 1.54) is 0 Å². The molecule has 104 valence electrons. The second-order valence-electron chi connectivity index (χ2n) is 5.33. The fourth-order valence-corrected chi connectivity index (χ4v) is 2.53. The first-order chi connectivity index (χ1) is 8.99. The number of hydrogen-bond acceptors (Lipinski definition) is 4.